The Morgan fingerprint density at radius 3 is 2.57 bits per heavy atom. The molecule has 1 aromatic rings. The van der Waals surface area contributed by atoms with Gasteiger partial charge in [-0.3, -0.25) is 0 Å². The Labute approximate surface area is 129 Å². The average molecular weight is 291 g/mol. The van der Waals surface area contributed by atoms with Gasteiger partial charge in [-0.1, -0.05) is 32.4 Å². The third-order valence-electron chi connectivity index (χ3n) is 3.95. The lowest BCUT2D eigenvalue weighted by Gasteiger charge is -2.33. The molecule has 0 aromatic heterocycles. The molecule has 0 radical (unpaired) electrons. The summed E-state index contributed by atoms with van der Waals surface area (Å²) in [7, 11) is 0. The van der Waals surface area contributed by atoms with Gasteiger partial charge in [0.15, 0.2) is 11.5 Å². The van der Waals surface area contributed by atoms with Gasteiger partial charge in [-0.05, 0) is 50.8 Å². The van der Waals surface area contributed by atoms with Gasteiger partial charge in [-0.25, -0.2) is 0 Å². The van der Waals surface area contributed by atoms with Crippen LogP contribution in [0.2, 0.25) is 0 Å². The number of nitrogens with one attached hydrogen (secondary N) is 1. The number of para-hydroxylation sites is 2. The monoisotopic (exact) mass is 291 g/mol. The van der Waals surface area contributed by atoms with Gasteiger partial charge >= 0.3 is 0 Å². The molecule has 2 rings (SSSR count). The first-order valence-corrected chi connectivity index (χ1v) is 8.47. The molecule has 1 aliphatic rings. The van der Waals surface area contributed by atoms with Crippen LogP contribution >= 0.6 is 0 Å². The van der Waals surface area contributed by atoms with Crippen molar-refractivity contribution in [2.24, 2.45) is 0 Å². The maximum absolute atomic E-state index is 6.31. The van der Waals surface area contributed by atoms with E-state index in [1.54, 1.807) is 0 Å². The zero-order valence-electron chi connectivity index (χ0n) is 13.4. The minimum Gasteiger partial charge on any atom is -0.490 e. The standard InChI is InChI=1S/C18H29NO2/c1-3-13-19-15-9-5-6-10-16(15)21-18-12-8-7-11-17(18)20-14-4-2/h7-8,11-12,15-16,19H,3-6,9-10,13-14H2,1-2H3. The number of rotatable bonds is 8. The summed E-state index contributed by atoms with van der Waals surface area (Å²) >= 11 is 0. The fourth-order valence-corrected chi connectivity index (χ4v) is 2.84. The van der Waals surface area contributed by atoms with Crippen molar-refractivity contribution in [2.75, 3.05) is 13.2 Å². The minimum atomic E-state index is 0.261. The first-order chi connectivity index (χ1) is 10.3. The highest BCUT2D eigenvalue weighted by atomic mass is 16.5. The first-order valence-electron chi connectivity index (χ1n) is 8.47. The van der Waals surface area contributed by atoms with Crippen molar-refractivity contribution in [1.29, 1.82) is 0 Å². The summed E-state index contributed by atoms with van der Waals surface area (Å²) in [5, 5.41) is 3.64. The first kappa shape index (κ1) is 16.2. The fourth-order valence-electron chi connectivity index (χ4n) is 2.84. The number of hydrogen-bond acceptors (Lipinski definition) is 3. The molecule has 3 nitrogen and oxygen atoms in total. The van der Waals surface area contributed by atoms with Crippen LogP contribution in [0, 0.1) is 0 Å². The topological polar surface area (TPSA) is 30.5 Å². The molecule has 0 amide bonds. The van der Waals surface area contributed by atoms with Gasteiger partial charge in [-0.2, -0.15) is 0 Å². The van der Waals surface area contributed by atoms with E-state index in [1.807, 2.05) is 24.3 Å². The van der Waals surface area contributed by atoms with Crippen LogP contribution in [-0.4, -0.2) is 25.3 Å². The van der Waals surface area contributed by atoms with E-state index in [-0.39, 0.29) is 6.10 Å². The van der Waals surface area contributed by atoms with Crippen LogP contribution in [0.4, 0.5) is 0 Å². The SMILES string of the molecule is CCCNC1CCCCC1Oc1ccccc1OCCC. The molecule has 1 N–H and O–H groups in total. The molecule has 1 aliphatic carbocycles. The van der Waals surface area contributed by atoms with Crippen LogP contribution < -0.4 is 14.8 Å². The van der Waals surface area contributed by atoms with Crippen molar-refractivity contribution in [2.45, 2.75) is 64.5 Å². The largest absolute Gasteiger partial charge is 0.490 e. The number of benzene rings is 1. The summed E-state index contributed by atoms with van der Waals surface area (Å²) < 4.78 is 12.1. The molecule has 2 unspecified atom stereocenters. The predicted octanol–water partition coefficient (Wildman–Crippen LogP) is 4.17. The van der Waals surface area contributed by atoms with E-state index >= 15 is 0 Å². The molecular weight excluding hydrogens is 262 g/mol. The normalized spacial score (nSPS) is 22.0. The van der Waals surface area contributed by atoms with Gasteiger partial charge in [0.05, 0.1) is 6.61 Å². The Morgan fingerprint density at radius 2 is 1.81 bits per heavy atom. The second kappa shape index (κ2) is 8.93. The van der Waals surface area contributed by atoms with E-state index in [0.717, 1.165) is 37.5 Å². The van der Waals surface area contributed by atoms with Gasteiger partial charge in [0.1, 0.15) is 6.10 Å². The number of hydrogen-bond donors (Lipinski definition) is 1. The minimum absolute atomic E-state index is 0.261. The van der Waals surface area contributed by atoms with Gasteiger partial charge in [0, 0.05) is 6.04 Å². The lowest BCUT2D eigenvalue weighted by Crippen LogP contribution is -2.45. The molecule has 0 saturated heterocycles. The van der Waals surface area contributed by atoms with E-state index in [9.17, 15) is 0 Å². The third-order valence-corrected chi connectivity index (χ3v) is 3.95. The van der Waals surface area contributed by atoms with E-state index in [4.69, 9.17) is 9.47 Å². The average Bonchev–Trinajstić information content (AvgIpc) is 2.53. The zero-order valence-corrected chi connectivity index (χ0v) is 13.4. The van der Waals surface area contributed by atoms with Gasteiger partial charge in [-0.15, -0.1) is 0 Å². The lowest BCUT2D eigenvalue weighted by molar-refractivity contribution is 0.109. The van der Waals surface area contributed by atoms with Crippen LogP contribution in [0.25, 0.3) is 0 Å². The van der Waals surface area contributed by atoms with Crippen LogP contribution in [0.15, 0.2) is 24.3 Å². The molecule has 3 heteroatoms. The molecular formula is C18H29NO2. The van der Waals surface area contributed by atoms with Crippen molar-refractivity contribution >= 4 is 0 Å². The molecule has 0 bridgehead atoms. The van der Waals surface area contributed by atoms with Crippen LogP contribution in [0.1, 0.15) is 52.4 Å². The lowest BCUT2D eigenvalue weighted by atomic mass is 9.92. The van der Waals surface area contributed by atoms with E-state index in [0.29, 0.717) is 6.04 Å². The maximum Gasteiger partial charge on any atom is 0.161 e. The summed E-state index contributed by atoms with van der Waals surface area (Å²) in [5.74, 6) is 1.76. The fraction of sp³-hybridized carbons (Fsp3) is 0.667. The van der Waals surface area contributed by atoms with Gasteiger partial charge in [0.25, 0.3) is 0 Å². The van der Waals surface area contributed by atoms with Crippen molar-refractivity contribution < 1.29 is 9.47 Å². The van der Waals surface area contributed by atoms with Gasteiger partial charge in [0.2, 0.25) is 0 Å². The summed E-state index contributed by atoms with van der Waals surface area (Å²) in [6.45, 7) is 6.13. The molecule has 2 atom stereocenters. The van der Waals surface area contributed by atoms with Crippen molar-refractivity contribution in [3.63, 3.8) is 0 Å². The van der Waals surface area contributed by atoms with E-state index in [2.05, 4.69) is 19.2 Å². The molecule has 0 spiro atoms. The highest BCUT2D eigenvalue weighted by Gasteiger charge is 2.26. The van der Waals surface area contributed by atoms with Gasteiger partial charge < -0.3 is 14.8 Å². The summed E-state index contributed by atoms with van der Waals surface area (Å²) in [6, 6.07) is 8.52. The van der Waals surface area contributed by atoms with Crippen molar-refractivity contribution in [3.05, 3.63) is 24.3 Å². The summed E-state index contributed by atoms with van der Waals surface area (Å²) in [4.78, 5) is 0. The quantitative estimate of drug-likeness (QED) is 0.780. The molecule has 21 heavy (non-hydrogen) atoms. The highest BCUT2D eigenvalue weighted by molar-refractivity contribution is 5.39. The Hall–Kier alpha value is -1.22. The predicted molar refractivity (Wildman–Crippen MR) is 87.2 cm³/mol. The zero-order chi connectivity index (χ0) is 14.9. The Kier molecular flexibility index (Phi) is 6.87. The molecule has 1 aromatic carbocycles. The molecule has 0 aliphatic heterocycles. The van der Waals surface area contributed by atoms with Crippen LogP contribution in [0.3, 0.4) is 0 Å². The molecule has 118 valence electrons. The Morgan fingerprint density at radius 1 is 1.05 bits per heavy atom. The van der Waals surface area contributed by atoms with Crippen molar-refractivity contribution in [3.8, 4) is 11.5 Å². The molecule has 1 saturated carbocycles. The van der Waals surface area contributed by atoms with E-state index < -0.39 is 0 Å². The second-order valence-electron chi connectivity index (χ2n) is 5.80. The van der Waals surface area contributed by atoms with Crippen LogP contribution in [0.5, 0.6) is 11.5 Å². The second-order valence-corrected chi connectivity index (χ2v) is 5.80. The molecule has 0 heterocycles. The highest BCUT2D eigenvalue weighted by Crippen LogP contribution is 2.31. The summed E-state index contributed by atoms with van der Waals surface area (Å²) in [6.07, 6.45) is 7.34. The van der Waals surface area contributed by atoms with Crippen LogP contribution in [-0.2, 0) is 0 Å². The number of ether oxygens (including phenoxy) is 2. The van der Waals surface area contributed by atoms with Crippen molar-refractivity contribution in [1.82, 2.24) is 5.32 Å². The Bertz CT molecular complexity index is 408. The maximum atomic E-state index is 6.31. The smallest absolute Gasteiger partial charge is 0.161 e. The Balaban J connectivity index is 2.00. The van der Waals surface area contributed by atoms with E-state index in [1.165, 1.54) is 25.7 Å². The summed E-state index contributed by atoms with van der Waals surface area (Å²) in [5.41, 5.74) is 0. The third kappa shape index (κ3) is 4.92. The molecule has 1 fully saturated rings.